The summed E-state index contributed by atoms with van der Waals surface area (Å²) in [6.45, 7) is 0.934. The number of hydrogen-bond acceptors (Lipinski definition) is 7. The average molecular weight is 429 g/mol. The lowest BCUT2D eigenvalue weighted by Gasteiger charge is -2.15. The largest absolute Gasteiger partial charge is 0.493 e. The summed E-state index contributed by atoms with van der Waals surface area (Å²) < 4.78 is 15.6. The molecule has 0 atom stereocenters. The van der Waals surface area contributed by atoms with Gasteiger partial charge in [-0.05, 0) is 43.0 Å². The molecule has 1 amide bonds. The fourth-order valence-corrected chi connectivity index (χ4v) is 3.84. The first kappa shape index (κ1) is 22.2. The number of carbonyl (C=O) groups is 1. The first-order chi connectivity index (χ1) is 15.0. The molecule has 0 radical (unpaired) electrons. The summed E-state index contributed by atoms with van der Waals surface area (Å²) in [5.74, 6) is 0.0774. The second-order valence-electron chi connectivity index (χ2n) is 7.36. The molecule has 2 aromatic rings. The van der Waals surface area contributed by atoms with Gasteiger partial charge in [0.2, 0.25) is 11.5 Å². The van der Waals surface area contributed by atoms with Crippen LogP contribution in [-0.4, -0.2) is 38.7 Å². The van der Waals surface area contributed by atoms with Crippen LogP contribution in [0.1, 0.15) is 36.0 Å². The predicted octanol–water partition coefficient (Wildman–Crippen LogP) is 4.48. The summed E-state index contributed by atoms with van der Waals surface area (Å²) in [5.41, 5.74) is 0.790. The van der Waals surface area contributed by atoms with E-state index in [9.17, 15) is 14.9 Å². The summed E-state index contributed by atoms with van der Waals surface area (Å²) in [6, 6.07) is 8.51. The highest BCUT2D eigenvalue weighted by atomic mass is 16.6. The maximum atomic E-state index is 12.9. The zero-order valence-electron chi connectivity index (χ0n) is 17.9. The fraction of sp³-hybridized carbons (Fsp3) is 0.409. The Kier molecular flexibility index (Phi) is 7.17. The first-order valence-electron chi connectivity index (χ1n) is 10.1. The third-order valence-electron chi connectivity index (χ3n) is 5.44. The van der Waals surface area contributed by atoms with E-state index < -0.39 is 16.5 Å². The van der Waals surface area contributed by atoms with Crippen molar-refractivity contribution in [3.8, 4) is 17.2 Å². The number of benzene rings is 2. The zero-order valence-corrected chi connectivity index (χ0v) is 17.9. The van der Waals surface area contributed by atoms with Gasteiger partial charge in [-0.15, -0.1) is 0 Å². The quantitative estimate of drug-likeness (QED) is 0.447. The van der Waals surface area contributed by atoms with Crippen molar-refractivity contribution in [3.05, 3.63) is 46.0 Å². The van der Waals surface area contributed by atoms with Gasteiger partial charge in [0, 0.05) is 24.0 Å². The molecule has 0 unspecified atom stereocenters. The van der Waals surface area contributed by atoms with E-state index in [1.54, 1.807) is 12.1 Å². The number of amides is 1. The molecule has 1 fully saturated rings. The molecule has 0 saturated heterocycles. The molecule has 9 heteroatoms. The lowest BCUT2D eigenvalue weighted by atomic mass is 10.1. The third-order valence-corrected chi connectivity index (χ3v) is 5.44. The van der Waals surface area contributed by atoms with Gasteiger partial charge in [-0.1, -0.05) is 12.8 Å². The van der Waals surface area contributed by atoms with Crippen LogP contribution in [0.25, 0.3) is 0 Å². The minimum absolute atomic E-state index is 0.0472. The minimum atomic E-state index is -0.675. The molecule has 0 aromatic heterocycles. The van der Waals surface area contributed by atoms with Crippen molar-refractivity contribution in [2.45, 2.75) is 25.7 Å². The molecule has 0 aliphatic heterocycles. The molecule has 0 bridgehead atoms. The Morgan fingerprint density at radius 3 is 2.19 bits per heavy atom. The van der Waals surface area contributed by atoms with Crippen molar-refractivity contribution in [2.75, 3.05) is 38.5 Å². The van der Waals surface area contributed by atoms with Crippen molar-refractivity contribution in [1.82, 2.24) is 0 Å². The highest BCUT2D eigenvalue weighted by molar-refractivity contribution is 6.08. The normalized spacial score (nSPS) is 13.5. The van der Waals surface area contributed by atoms with Crippen LogP contribution >= 0.6 is 0 Å². The number of ether oxygens (including phenoxy) is 3. The van der Waals surface area contributed by atoms with Crippen molar-refractivity contribution < 1.29 is 23.9 Å². The Labute approximate surface area is 180 Å². The lowest BCUT2D eigenvalue weighted by molar-refractivity contribution is -0.386. The van der Waals surface area contributed by atoms with Crippen LogP contribution in [-0.2, 0) is 0 Å². The van der Waals surface area contributed by atoms with E-state index in [0.29, 0.717) is 11.6 Å². The molecule has 0 heterocycles. The zero-order chi connectivity index (χ0) is 22.4. The Hall–Kier alpha value is -3.49. The van der Waals surface area contributed by atoms with Crippen molar-refractivity contribution >= 4 is 23.0 Å². The van der Waals surface area contributed by atoms with Crippen molar-refractivity contribution in [1.29, 1.82) is 0 Å². The van der Waals surface area contributed by atoms with Gasteiger partial charge in [-0.2, -0.15) is 0 Å². The number of nitro benzene ring substituents is 1. The number of hydrogen-bond donors (Lipinski definition) is 2. The average Bonchev–Trinajstić information content (AvgIpc) is 3.30. The van der Waals surface area contributed by atoms with E-state index >= 15 is 0 Å². The Bertz CT molecular complexity index is 939. The molecule has 1 aliphatic carbocycles. The number of nitrogens with one attached hydrogen (secondary N) is 2. The number of anilines is 2. The van der Waals surface area contributed by atoms with Gasteiger partial charge in [0.15, 0.2) is 5.75 Å². The summed E-state index contributed by atoms with van der Waals surface area (Å²) in [5, 5.41) is 17.8. The summed E-state index contributed by atoms with van der Waals surface area (Å²) >= 11 is 0. The molecule has 0 spiro atoms. The molecular weight excluding hydrogens is 402 g/mol. The molecule has 3 rings (SSSR count). The topological polar surface area (TPSA) is 112 Å². The molecular formula is C22H27N3O6. The molecule has 1 aliphatic rings. The Morgan fingerprint density at radius 2 is 1.65 bits per heavy atom. The smallest absolute Gasteiger partial charge is 0.327 e. The van der Waals surface area contributed by atoms with Gasteiger partial charge >= 0.3 is 5.69 Å². The molecule has 31 heavy (non-hydrogen) atoms. The lowest BCUT2D eigenvalue weighted by Crippen LogP contribution is -2.15. The summed E-state index contributed by atoms with van der Waals surface area (Å²) in [4.78, 5) is 23.9. The van der Waals surface area contributed by atoms with Crippen LogP contribution in [0.15, 0.2) is 30.3 Å². The molecule has 166 valence electrons. The third kappa shape index (κ3) is 4.99. The number of rotatable bonds is 9. The van der Waals surface area contributed by atoms with Crippen LogP contribution in [0.2, 0.25) is 0 Å². The summed E-state index contributed by atoms with van der Waals surface area (Å²) in [6.07, 6.45) is 5.11. The standard InChI is InChI=1S/C22H27N3O6/c1-29-18-12-17(19(25(27)28)21(31-3)20(18)30-2)22(26)24-16-10-8-15(9-11-16)23-13-14-6-4-5-7-14/h8-12,14,23H,4-7,13H2,1-3H3,(H,24,26). The maximum absolute atomic E-state index is 12.9. The van der Waals surface area contributed by atoms with E-state index in [1.807, 2.05) is 12.1 Å². The van der Waals surface area contributed by atoms with Gasteiger partial charge in [-0.3, -0.25) is 14.9 Å². The van der Waals surface area contributed by atoms with E-state index in [1.165, 1.54) is 53.1 Å². The van der Waals surface area contributed by atoms with Gasteiger partial charge in [0.05, 0.1) is 26.3 Å². The van der Waals surface area contributed by atoms with Gasteiger partial charge in [-0.25, -0.2) is 0 Å². The molecule has 2 N–H and O–H groups in total. The van der Waals surface area contributed by atoms with Crippen LogP contribution < -0.4 is 24.8 Å². The Balaban J connectivity index is 1.79. The van der Waals surface area contributed by atoms with Gasteiger partial charge in [0.1, 0.15) is 5.56 Å². The van der Waals surface area contributed by atoms with E-state index in [-0.39, 0.29) is 22.8 Å². The fourth-order valence-electron chi connectivity index (χ4n) is 3.84. The number of nitro groups is 1. The number of nitrogens with zero attached hydrogens (tertiary/aromatic N) is 1. The molecule has 2 aromatic carbocycles. The molecule has 1 saturated carbocycles. The van der Waals surface area contributed by atoms with E-state index in [0.717, 1.165) is 12.2 Å². The summed E-state index contributed by atoms with van der Waals surface area (Å²) in [7, 11) is 3.98. The highest BCUT2D eigenvalue weighted by Crippen LogP contribution is 2.46. The van der Waals surface area contributed by atoms with E-state index in [2.05, 4.69) is 10.6 Å². The Morgan fingerprint density at radius 1 is 1.03 bits per heavy atom. The second-order valence-corrected chi connectivity index (χ2v) is 7.36. The molecule has 9 nitrogen and oxygen atoms in total. The van der Waals surface area contributed by atoms with Gasteiger partial charge < -0.3 is 24.8 Å². The second kappa shape index (κ2) is 10.0. The maximum Gasteiger partial charge on any atom is 0.327 e. The number of carbonyl (C=O) groups excluding carboxylic acids is 1. The van der Waals surface area contributed by atoms with E-state index in [4.69, 9.17) is 14.2 Å². The predicted molar refractivity (Wildman–Crippen MR) is 118 cm³/mol. The van der Waals surface area contributed by atoms with Crippen molar-refractivity contribution in [3.63, 3.8) is 0 Å². The first-order valence-corrected chi connectivity index (χ1v) is 10.1. The van der Waals surface area contributed by atoms with Crippen LogP contribution in [0.5, 0.6) is 17.2 Å². The monoisotopic (exact) mass is 429 g/mol. The van der Waals surface area contributed by atoms with Crippen LogP contribution in [0, 0.1) is 16.0 Å². The minimum Gasteiger partial charge on any atom is -0.493 e. The van der Waals surface area contributed by atoms with Crippen molar-refractivity contribution in [2.24, 2.45) is 5.92 Å². The SMILES string of the molecule is COc1cc(C(=O)Nc2ccc(NCC3CCCC3)cc2)c([N+](=O)[O-])c(OC)c1OC. The van der Waals surface area contributed by atoms with Crippen LogP contribution in [0.3, 0.4) is 0 Å². The van der Waals surface area contributed by atoms with Gasteiger partial charge in [0.25, 0.3) is 5.91 Å². The number of methoxy groups -OCH3 is 3. The highest BCUT2D eigenvalue weighted by Gasteiger charge is 2.32. The van der Waals surface area contributed by atoms with Crippen LogP contribution in [0.4, 0.5) is 17.1 Å².